The van der Waals surface area contributed by atoms with Gasteiger partial charge in [-0.15, -0.1) is 0 Å². The van der Waals surface area contributed by atoms with Crippen LogP contribution in [0.25, 0.3) is 0 Å². The lowest BCUT2D eigenvalue weighted by Crippen LogP contribution is -2.29. The van der Waals surface area contributed by atoms with Gasteiger partial charge < -0.3 is 14.8 Å². The molecule has 2 heterocycles. The molecule has 0 unspecified atom stereocenters. The molecule has 7 nitrogen and oxygen atoms in total. The number of nitrogens with one attached hydrogen (secondary N) is 1. The Morgan fingerprint density at radius 1 is 1.17 bits per heavy atom. The molecule has 7 heteroatoms. The fourth-order valence-corrected chi connectivity index (χ4v) is 3.79. The van der Waals surface area contributed by atoms with Crippen LogP contribution in [-0.2, 0) is 16.7 Å². The largest absolute Gasteiger partial charge is 0.493 e. The molecule has 1 aromatic heterocycles. The normalized spacial score (nSPS) is 15.9. The molecule has 3 aromatic rings. The number of methoxy groups -OCH3 is 1. The number of benzene rings is 2. The maximum atomic E-state index is 12.8. The molecule has 174 valence electrons. The van der Waals surface area contributed by atoms with Crippen molar-refractivity contribution in [1.82, 2.24) is 10.3 Å². The van der Waals surface area contributed by atoms with E-state index in [4.69, 9.17) is 9.47 Å². The molecule has 0 bridgehead atoms. The average Bonchev–Trinajstić information content (AvgIpc) is 2.90. The van der Waals surface area contributed by atoms with Crippen molar-refractivity contribution in [1.29, 1.82) is 5.26 Å². The van der Waals surface area contributed by atoms with Gasteiger partial charge in [-0.1, -0.05) is 24.0 Å². The lowest BCUT2D eigenvalue weighted by molar-refractivity contribution is 0.0600. The highest BCUT2D eigenvalue weighted by molar-refractivity contribution is 5.94. The molecule has 1 atom stereocenters. The molecule has 0 radical (unpaired) electrons. The number of rotatable bonds is 4. The minimum Gasteiger partial charge on any atom is -0.493 e. The maximum absolute atomic E-state index is 12.8. The van der Waals surface area contributed by atoms with Gasteiger partial charge in [-0.3, -0.25) is 9.78 Å². The molecule has 0 saturated heterocycles. The molecule has 0 fully saturated rings. The highest BCUT2D eigenvalue weighted by Crippen LogP contribution is 2.38. The Hall–Kier alpha value is -4.62. The Kier molecular flexibility index (Phi) is 6.80. The van der Waals surface area contributed by atoms with E-state index in [-0.39, 0.29) is 12.5 Å². The van der Waals surface area contributed by atoms with Crippen LogP contribution < -0.4 is 10.1 Å². The fourth-order valence-electron chi connectivity index (χ4n) is 3.79. The summed E-state index contributed by atoms with van der Waals surface area (Å²) in [5, 5.41) is 12.5. The van der Waals surface area contributed by atoms with Crippen LogP contribution in [-0.4, -0.2) is 30.6 Å². The van der Waals surface area contributed by atoms with E-state index in [0.29, 0.717) is 46.7 Å². The first-order valence-electron chi connectivity index (χ1n) is 11.0. The van der Waals surface area contributed by atoms with E-state index in [1.165, 1.54) is 7.11 Å². The van der Waals surface area contributed by atoms with E-state index in [2.05, 4.69) is 28.2 Å². The molecule has 0 aliphatic carbocycles. The minimum atomic E-state index is -0.690. The third-order valence-electron chi connectivity index (χ3n) is 5.86. The van der Waals surface area contributed by atoms with Crippen LogP contribution in [0.15, 0.2) is 60.8 Å². The first-order valence-corrected chi connectivity index (χ1v) is 11.0. The van der Waals surface area contributed by atoms with Crippen LogP contribution in [0.1, 0.15) is 56.4 Å². The number of pyridine rings is 1. The van der Waals surface area contributed by atoms with Gasteiger partial charge in [0.1, 0.15) is 5.75 Å². The Bertz CT molecular complexity index is 1400. The van der Waals surface area contributed by atoms with Gasteiger partial charge in [0.05, 0.1) is 43.0 Å². The van der Waals surface area contributed by atoms with Gasteiger partial charge in [-0.25, -0.2) is 4.79 Å². The summed E-state index contributed by atoms with van der Waals surface area (Å²) < 4.78 is 10.5. The van der Waals surface area contributed by atoms with E-state index in [9.17, 15) is 14.9 Å². The predicted octanol–water partition coefficient (Wildman–Crippen LogP) is 3.76. The summed E-state index contributed by atoms with van der Waals surface area (Å²) in [6.07, 6.45) is 2.19. The highest BCUT2D eigenvalue weighted by atomic mass is 16.5. The zero-order valence-corrected chi connectivity index (χ0v) is 19.4. The van der Waals surface area contributed by atoms with Crippen molar-refractivity contribution in [2.75, 3.05) is 13.7 Å². The molecule has 1 aliphatic rings. The first-order chi connectivity index (χ1) is 16.9. The number of hydrogen-bond acceptors (Lipinski definition) is 6. The molecule has 35 heavy (non-hydrogen) atoms. The summed E-state index contributed by atoms with van der Waals surface area (Å²) >= 11 is 0. The zero-order chi connectivity index (χ0) is 24.8. The van der Waals surface area contributed by atoms with Crippen LogP contribution in [0.2, 0.25) is 0 Å². The quantitative estimate of drug-likeness (QED) is 0.465. The summed E-state index contributed by atoms with van der Waals surface area (Å²) in [6.45, 7) is 2.54. The standard InChI is InChI=1S/C28H23N3O4/c1-28(18-29)12-14-35-25-10-9-21(16-24(25)28)26(32)31-17-22-15-19(11-13-30-22)7-8-20-5-3-4-6-23(20)27(33)34-2/h3-6,9-11,13,15-16H,12,14,17H2,1-2H3,(H,31,32)/t28-/m0/s1. The molecule has 4 rings (SSSR count). The number of amides is 1. The van der Waals surface area contributed by atoms with Crippen LogP contribution in [0.4, 0.5) is 0 Å². The van der Waals surface area contributed by atoms with Crippen molar-refractivity contribution in [2.24, 2.45) is 0 Å². The second kappa shape index (κ2) is 10.1. The Morgan fingerprint density at radius 3 is 2.80 bits per heavy atom. The number of hydrogen-bond donors (Lipinski definition) is 1. The molecular weight excluding hydrogens is 442 g/mol. The average molecular weight is 466 g/mol. The molecule has 1 aliphatic heterocycles. The molecule has 1 amide bonds. The van der Waals surface area contributed by atoms with Crippen molar-refractivity contribution >= 4 is 11.9 Å². The minimum absolute atomic E-state index is 0.205. The second-order valence-corrected chi connectivity index (χ2v) is 8.26. The third-order valence-corrected chi connectivity index (χ3v) is 5.86. The topological polar surface area (TPSA) is 101 Å². The number of carbonyl (C=O) groups excluding carboxylic acids is 2. The maximum Gasteiger partial charge on any atom is 0.339 e. The van der Waals surface area contributed by atoms with Crippen LogP contribution in [0.3, 0.4) is 0 Å². The Morgan fingerprint density at radius 2 is 2.00 bits per heavy atom. The SMILES string of the molecule is COC(=O)c1ccccc1C#Cc1ccnc(CNC(=O)c2ccc3c(c2)[C@](C)(C#N)CCO3)c1. The van der Waals surface area contributed by atoms with Crippen LogP contribution in [0, 0.1) is 23.2 Å². The summed E-state index contributed by atoms with van der Waals surface area (Å²) in [6, 6.07) is 18.0. The van der Waals surface area contributed by atoms with Gasteiger partial charge in [0.25, 0.3) is 5.91 Å². The van der Waals surface area contributed by atoms with Crippen molar-refractivity contribution in [2.45, 2.75) is 25.3 Å². The molecule has 0 spiro atoms. The molecule has 1 N–H and O–H groups in total. The Labute approximate surface area is 203 Å². The monoisotopic (exact) mass is 465 g/mol. The fraction of sp³-hybridized carbons (Fsp3) is 0.214. The number of esters is 1. The number of carbonyl (C=O) groups is 2. The van der Waals surface area contributed by atoms with Gasteiger partial charge >= 0.3 is 5.97 Å². The first kappa shape index (κ1) is 23.5. The van der Waals surface area contributed by atoms with Crippen LogP contribution in [0.5, 0.6) is 5.75 Å². The second-order valence-electron chi connectivity index (χ2n) is 8.26. The van der Waals surface area contributed by atoms with Gasteiger partial charge in [0.15, 0.2) is 0 Å². The van der Waals surface area contributed by atoms with E-state index < -0.39 is 11.4 Å². The number of aromatic nitrogens is 1. The third kappa shape index (κ3) is 5.15. The van der Waals surface area contributed by atoms with Crippen molar-refractivity contribution in [3.8, 4) is 23.7 Å². The van der Waals surface area contributed by atoms with Crippen molar-refractivity contribution < 1.29 is 19.1 Å². The smallest absolute Gasteiger partial charge is 0.339 e. The van der Waals surface area contributed by atoms with E-state index in [0.717, 1.165) is 5.56 Å². The summed E-state index contributed by atoms with van der Waals surface area (Å²) in [5.41, 5.74) is 2.77. The number of nitriles is 1. The lowest BCUT2D eigenvalue weighted by Gasteiger charge is -2.30. The molecule has 2 aromatic carbocycles. The van der Waals surface area contributed by atoms with E-state index in [1.807, 2.05) is 6.92 Å². The lowest BCUT2D eigenvalue weighted by atomic mass is 9.78. The zero-order valence-electron chi connectivity index (χ0n) is 19.4. The summed E-state index contributed by atoms with van der Waals surface area (Å²) in [4.78, 5) is 29.0. The molecule has 0 saturated carbocycles. The van der Waals surface area contributed by atoms with Crippen LogP contribution >= 0.6 is 0 Å². The van der Waals surface area contributed by atoms with Crippen molar-refractivity contribution in [3.63, 3.8) is 0 Å². The molecular formula is C28H23N3O4. The highest BCUT2D eigenvalue weighted by Gasteiger charge is 2.34. The van der Waals surface area contributed by atoms with Gasteiger partial charge in [-0.2, -0.15) is 5.26 Å². The summed E-state index contributed by atoms with van der Waals surface area (Å²) in [7, 11) is 1.33. The van der Waals surface area contributed by atoms with Crippen molar-refractivity contribution in [3.05, 3.63) is 94.3 Å². The van der Waals surface area contributed by atoms with Gasteiger partial charge in [0, 0.05) is 34.9 Å². The predicted molar refractivity (Wildman–Crippen MR) is 129 cm³/mol. The number of ether oxygens (including phenoxy) is 2. The van der Waals surface area contributed by atoms with Gasteiger partial charge in [0.2, 0.25) is 0 Å². The number of nitrogens with zero attached hydrogens (tertiary/aromatic N) is 2. The van der Waals surface area contributed by atoms with E-state index >= 15 is 0 Å². The Balaban J connectivity index is 1.47. The number of fused-ring (bicyclic) bond motifs is 1. The summed E-state index contributed by atoms with van der Waals surface area (Å²) in [5.74, 6) is 5.95. The van der Waals surface area contributed by atoms with E-state index in [1.54, 1.807) is 60.8 Å². The van der Waals surface area contributed by atoms with Gasteiger partial charge in [-0.05, 0) is 49.4 Å².